The van der Waals surface area contributed by atoms with Crippen molar-refractivity contribution in [2.45, 2.75) is 18.6 Å². The molecular weight excluding hydrogens is 192 g/mol. The zero-order valence-electron chi connectivity index (χ0n) is 8.58. The number of hydrogen-bond acceptors (Lipinski definition) is 4. The Morgan fingerprint density at radius 1 is 1.27 bits per heavy atom. The molecule has 1 aliphatic heterocycles. The summed E-state index contributed by atoms with van der Waals surface area (Å²) in [5.41, 5.74) is 1.05. The first-order valence-corrected chi connectivity index (χ1v) is 5.24. The highest BCUT2D eigenvalue weighted by molar-refractivity contribution is 5.04. The van der Waals surface area contributed by atoms with Gasteiger partial charge in [0.05, 0.1) is 12.2 Å². The van der Waals surface area contributed by atoms with Crippen LogP contribution in [0.1, 0.15) is 5.69 Å². The number of likely N-dealkylation sites (tertiary alicyclic amines) is 1. The number of pyridine rings is 1. The number of aliphatic hydroxyl groups is 2. The number of nitrogens with zero attached hydrogens (tertiary/aromatic N) is 2. The molecule has 1 aromatic rings. The number of β-amino-alcohol motifs (C(OH)–C–C–N with tert-alkyl or cyclic N) is 2. The number of rotatable bonds is 3. The monoisotopic (exact) mass is 208 g/mol. The molecule has 0 radical (unpaired) electrons. The molecule has 1 aromatic heterocycles. The topological polar surface area (TPSA) is 56.6 Å². The summed E-state index contributed by atoms with van der Waals surface area (Å²) in [7, 11) is 0. The van der Waals surface area contributed by atoms with Gasteiger partial charge in [-0.25, -0.2) is 0 Å². The third-order valence-corrected chi connectivity index (χ3v) is 2.74. The van der Waals surface area contributed by atoms with Crippen molar-refractivity contribution in [3.05, 3.63) is 30.1 Å². The van der Waals surface area contributed by atoms with Gasteiger partial charge in [-0.15, -0.1) is 0 Å². The van der Waals surface area contributed by atoms with E-state index in [0.717, 1.165) is 18.7 Å². The number of aromatic nitrogens is 1. The van der Waals surface area contributed by atoms with Crippen molar-refractivity contribution in [2.24, 2.45) is 0 Å². The van der Waals surface area contributed by atoms with E-state index in [0.29, 0.717) is 13.1 Å². The van der Waals surface area contributed by atoms with Gasteiger partial charge in [0.25, 0.3) is 0 Å². The first-order chi connectivity index (χ1) is 7.25. The van der Waals surface area contributed by atoms with E-state index in [-0.39, 0.29) is 0 Å². The van der Waals surface area contributed by atoms with Crippen molar-refractivity contribution in [1.29, 1.82) is 0 Å². The Morgan fingerprint density at radius 3 is 2.60 bits per heavy atom. The summed E-state index contributed by atoms with van der Waals surface area (Å²) < 4.78 is 0. The van der Waals surface area contributed by atoms with Crippen LogP contribution in [-0.4, -0.2) is 51.9 Å². The molecule has 0 bridgehead atoms. The standard InChI is InChI=1S/C11H16N2O2/c14-10-7-13(8-11(10)15)6-4-9-3-1-2-5-12-9/h1-3,5,10-11,14-15H,4,6-8H2/t10-,11+. The smallest absolute Gasteiger partial charge is 0.0938 e. The molecule has 2 atom stereocenters. The minimum Gasteiger partial charge on any atom is -0.389 e. The van der Waals surface area contributed by atoms with E-state index in [4.69, 9.17) is 0 Å². The maximum atomic E-state index is 9.36. The van der Waals surface area contributed by atoms with Gasteiger partial charge in [-0.05, 0) is 12.1 Å². The molecule has 1 aliphatic rings. The molecule has 0 saturated carbocycles. The van der Waals surface area contributed by atoms with Crippen molar-refractivity contribution in [3.8, 4) is 0 Å². The average Bonchev–Trinajstić information content (AvgIpc) is 2.57. The maximum absolute atomic E-state index is 9.36. The van der Waals surface area contributed by atoms with Crippen LogP contribution in [0, 0.1) is 0 Å². The molecule has 1 saturated heterocycles. The maximum Gasteiger partial charge on any atom is 0.0938 e. The Bertz CT molecular complexity index is 295. The van der Waals surface area contributed by atoms with Crippen LogP contribution < -0.4 is 0 Å². The quantitative estimate of drug-likeness (QED) is 0.713. The van der Waals surface area contributed by atoms with Crippen LogP contribution in [0.25, 0.3) is 0 Å². The Labute approximate surface area is 89.2 Å². The van der Waals surface area contributed by atoms with E-state index < -0.39 is 12.2 Å². The molecule has 15 heavy (non-hydrogen) atoms. The normalized spacial score (nSPS) is 27.1. The molecule has 4 heteroatoms. The molecule has 1 fully saturated rings. The molecule has 2 rings (SSSR count). The fourth-order valence-corrected chi connectivity index (χ4v) is 1.85. The van der Waals surface area contributed by atoms with Crippen molar-refractivity contribution in [2.75, 3.05) is 19.6 Å². The molecule has 2 N–H and O–H groups in total. The minimum atomic E-state index is -0.589. The summed E-state index contributed by atoms with van der Waals surface area (Å²) in [5.74, 6) is 0. The highest BCUT2D eigenvalue weighted by Gasteiger charge is 2.28. The Kier molecular flexibility index (Phi) is 3.30. The third kappa shape index (κ3) is 2.75. The Balaban J connectivity index is 1.80. The first-order valence-electron chi connectivity index (χ1n) is 5.24. The van der Waals surface area contributed by atoms with Crippen LogP contribution in [0.3, 0.4) is 0 Å². The van der Waals surface area contributed by atoms with E-state index in [2.05, 4.69) is 9.88 Å². The second kappa shape index (κ2) is 4.70. The van der Waals surface area contributed by atoms with E-state index in [1.54, 1.807) is 6.20 Å². The Hall–Kier alpha value is -0.970. The predicted octanol–water partition coefficient (Wildman–Crippen LogP) is -0.339. The van der Waals surface area contributed by atoms with Gasteiger partial charge in [0, 0.05) is 37.9 Å². The van der Waals surface area contributed by atoms with Crippen molar-refractivity contribution < 1.29 is 10.2 Å². The van der Waals surface area contributed by atoms with Gasteiger partial charge in [0.15, 0.2) is 0 Å². The second-order valence-electron chi connectivity index (χ2n) is 3.97. The molecule has 82 valence electrons. The zero-order valence-corrected chi connectivity index (χ0v) is 8.58. The number of hydrogen-bond donors (Lipinski definition) is 2. The molecule has 4 nitrogen and oxygen atoms in total. The summed E-state index contributed by atoms with van der Waals surface area (Å²) in [6.45, 7) is 1.97. The van der Waals surface area contributed by atoms with E-state index >= 15 is 0 Å². The van der Waals surface area contributed by atoms with Gasteiger partial charge >= 0.3 is 0 Å². The lowest BCUT2D eigenvalue weighted by Gasteiger charge is -2.13. The molecule has 0 aliphatic carbocycles. The van der Waals surface area contributed by atoms with Gasteiger partial charge in [0.1, 0.15) is 0 Å². The molecule has 2 heterocycles. The molecule has 0 aromatic carbocycles. The Morgan fingerprint density at radius 2 is 2.00 bits per heavy atom. The van der Waals surface area contributed by atoms with E-state index in [1.807, 2.05) is 18.2 Å². The highest BCUT2D eigenvalue weighted by atomic mass is 16.3. The van der Waals surface area contributed by atoms with Crippen molar-refractivity contribution >= 4 is 0 Å². The first kappa shape index (κ1) is 10.5. The van der Waals surface area contributed by atoms with Crippen molar-refractivity contribution in [3.63, 3.8) is 0 Å². The van der Waals surface area contributed by atoms with Gasteiger partial charge in [-0.2, -0.15) is 0 Å². The lowest BCUT2D eigenvalue weighted by atomic mass is 10.2. The average molecular weight is 208 g/mol. The molecule has 0 amide bonds. The number of aliphatic hydroxyl groups excluding tert-OH is 2. The van der Waals surface area contributed by atoms with Crippen LogP contribution in [0.2, 0.25) is 0 Å². The largest absolute Gasteiger partial charge is 0.389 e. The summed E-state index contributed by atoms with van der Waals surface area (Å²) >= 11 is 0. The minimum absolute atomic E-state index is 0.563. The van der Waals surface area contributed by atoms with Crippen LogP contribution in [0.5, 0.6) is 0 Å². The molecular formula is C11H16N2O2. The zero-order chi connectivity index (χ0) is 10.7. The predicted molar refractivity (Wildman–Crippen MR) is 56.4 cm³/mol. The fraction of sp³-hybridized carbons (Fsp3) is 0.545. The molecule has 0 spiro atoms. The van der Waals surface area contributed by atoms with Gasteiger partial charge in [0.2, 0.25) is 0 Å². The van der Waals surface area contributed by atoms with Crippen LogP contribution in [-0.2, 0) is 6.42 Å². The van der Waals surface area contributed by atoms with Crippen LogP contribution in [0.15, 0.2) is 24.4 Å². The lowest BCUT2D eigenvalue weighted by molar-refractivity contribution is 0.0572. The van der Waals surface area contributed by atoms with Gasteiger partial charge in [-0.3, -0.25) is 9.88 Å². The third-order valence-electron chi connectivity index (χ3n) is 2.74. The summed E-state index contributed by atoms with van der Waals surface area (Å²) in [5, 5.41) is 18.7. The second-order valence-corrected chi connectivity index (χ2v) is 3.97. The summed E-state index contributed by atoms with van der Waals surface area (Å²) in [6.07, 6.45) is 1.46. The van der Waals surface area contributed by atoms with E-state index in [1.165, 1.54) is 0 Å². The summed E-state index contributed by atoms with van der Waals surface area (Å²) in [6, 6.07) is 5.85. The SMILES string of the molecule is O[C@@H]1CN(CCc2ccccn2)C[C@@H]1O. The van der Waals surface area contributed by atoms with Crippen LogP contribution >= 0.6 is 0 Å². The van der Waals surface area contributed by atoms with Gasteiger partial charge in [-0.1, -0.05) is 6.07 Å². The highest BCUT2D eigenvalue weighted by Crippen LogP contribution is 2.10. The lowest BCUT2D eigenvalue weighted by Crippen LogP contribution is -2.24. The van der Waals surface area contributed by atoms with E-state index in [9.17, 15) is 10.2 Å². The van der Waals surface area contributed by atoms with Crippen molar-refractivity contribution in [1.82, 2.24) is 9.88 Å². The van der Waals surface area contributed by atoms with Gasteiger partial charge < -0.3 is 10.2 Å². The molecule has 0 unspecified atom stereocenters. The van der Waals surface area contributed by atoms with Crippen LogP contribution in [0.4, 0.5) is 0 Å². The fourth-order valence-electron chi connectivity index (χ4n) is 1.85. The summed E-state index contributed by atoms with van der Waals surface area (Å²) in [4.78, 5) is 6.29.